The molecule has 21 heteroatoms. The Balaban J connectivity index is 0.000000287. The first-order valence-corrected chi connectivity index (χ1v) is 20.2. The molecule has 1 unspecified atom stereocenters. The number of imidazole rings is 3. The Bertz CT molecular complexity index is 3020. The second-order valence-corrected chi connectivity index (χ2v) is 15.2. The number of fused-ring (bicyclic) bond motifs is 3. The van der Waals surface area contributed by atoms with Gasteiger partial charge in [-0.15, -0.1) is 0 Å². The number of hydrogen-bond donors (Lipinski definition) is 3. The Morgan fingerprint density at radius 2 is 0.672 bits per heavy atom. The second-order valence-electron chi connectivity index (χ2n) is 15.2. The van der Waals surface area contributed by atoms with Gasteiger partial charge in [0.15, 0.2) is 33.5 Å². The first-order valence-electron chi connectivity index (χ1n) is 24.7. The third-order valence-electron chi connectivity index (χ3n) is 10.6. The lowest BCUT2D eigenvalue weighted by Gasteiger charge is -2.09. The summed E-state index contributed by atoms with van der Waals surface area (Å²) in [4.78, 5) is 87.6. The van der Waals surface area contributed by atoms with Crippen LogP contribution in [-0.2, 0) is 61.9 Å². The van der Waals surface area contributed by atoms with Crippen molar-refractivity contribution in [2.45, 2.75) is 144 Å². The number of aliphatic hydroxyl groups is 3. The van der Waals surface area contributed by atoms with Gasteiger partial charge in [-0.3, -0.25) is 41.8 Å². The molecule has 0 bridgehead atoms. The number of hydrogen-bond acceptors (Lipinski definition) is 12. The summed E-state index contributed by atoms with van der Waals surface area (Å²) in [6.45, 7) is 8.43. The predicted octanol–water partition coefficient (Wildman–Crippen LogP) is 1.52. The highest BCUT2D eigenvalue weighted by Crippen LogP contribution is 2.11. The Hall–Kier alpha value is -5.67. The largest absolute Gasteiger partial charge is 0.393 e. The van der Waals surface area contributed by atoms with Crippen LogP contribution < -0.4 is 33.7 Å². The van der Waals surface area contributed by atoms with Gasteiger partial charge in [0, 0.05) is 70.1 Å². The van der Waals surface area contributed by atoms with E-state index in [4.69, 9.17) is 12.3 Å². The summed E-state index contributed by atoms with van der Waals surface area (Å²) in [6, 6.07) is 0. The Kier molecular flexibility index (Phi) is 13.9. The minimum Gasteiger partial charge on any atom is -0.393 e. The molecule has 0 aromatic carbocycles. The normalized spacial score (nSPS) is 17.0. The minimum atomic E-state index is -2.24. The van der Waals surface area contributed by atoms with Gasteiger partial charge in [-0.05, 0) is 99.2 Å². The van der Waals surface area contributed by atoms with Crippen LogP contribution in [0.5, 0.6) is 0 Å². The van der Waals surface area contributed by atoms with Crippen LogP contribution in [0.4, 0.5) is 0 Å². The smallest absolute Gasteiger partial charge is 0.332 e. The molecule has 21 nitrogen and oxygen atoms in total. The van der Waals surface area contributed by atoms with Gasteiger partial charge in [-0.1, -0.05) is 7.43 Å². The first kappa shape index (κ1) is 39.9. The van der Waals surface area contributed by atoms with Crippen molar-refractivity contribution in [2.75, 3.05) is 0 Å². The summed E-state index contributed by atoms with van der Waals surface area (Å²) in [5.41, 5.74) is -1.14. The van der Waals surface area contributed by atoms with E-state index < -0.39 is 71.1 Å². The zero-order chi connectivity index (χ0) is 55.3. The van der Waals surface area contributed by atoms with Gasteiger partial charge in [0.2, 0.25) is 0 Å². The lowest BCUT2D eigenvalue weighted by molar-refractivity contribution is 0.179. The summed E-state index contributed by atoms with van der Waals surface area (Å²) >= 11 is 0. The molecule has 6 aromatic heterocycles. The van der Waals surface area contributed by atoms with Crippen LogP contribution in [0, 0.1) is 20.8 Å². The molecular formula is C43H70N12O9. The van der Waals surface area contributed by atoms with Crippen LogP contribution >= 0.6 is 0 Å². The molecule has 64 heavy (non-hydrogen) atoms. The summed E-state index contributed by atoms with van der Waals surface area (Å²) in [5.74, 6) is 1.82. The molecule has 356 valence electrons. The molecule has 0 spiro atoms. The van der Waals surface area contributed by atoms with E-state index in [9.17, 15) is 44.1 Å². The maximum absolute atomic E-state index is 12.6. The molecule has 0 saturated carbocycles. The van der Waals surface area contributed by atoms with Crippen molar-refractivity contribution in [1.29, 1.82) is 0 Å². The van der Waals surface area contributed by atoms with Gasteiger partial charge < -0.3 is 29.0 Å². The van der Waals surface area contributed by atoms with Crippen LogP contribution in [0.2, 0.25) is 0 Å². The maximum Gasteiger partial charge on any atom is 0.332 e. The van der Waals surface area contributed by atoms with Gasteiger partial charge in [0.05, 0.1) is 22.4 Å². The molecule has 0 radical (unpaired) electrons. The number of aryl methyl sites for hydroxylation is 9. The quantitative estimate of drug-likeness (QED) is 0.133. The molecule has 0 aliphatic rings. The third kappa shape index (κ3) is 11.3. The maximum atomic E-state index is 12.6. The molecule has 3 atom stereocenters. The van der Waals surface area contributed by atoms with Crippen molar-refractivity contribution in [3.05, 3.63) is 80.0 Å². The fourth-order valence-electron chi connectivity index (χ4n) is 6.77. The highest BCUT2D eigenvalue weighted by Gasteiger charge is 2.19. The fourth-order valence-corrected chi connectivity index (χ4v) is 6.77. The van der Waals surface area contributed by atoms with E-state index in [-0.39, 0.29) is 65.6 Å². The minimum absolute atomic E-state index is 0. The Morgan fingerprint density at radius 3 is 0.875 bits per heavy atom. The molecule has 6 aromatic rings. The van der Waals surface area contributed by atoms with E-state index in [0.29, 0.717) is 51.0 Å². The zero-order valence-electron chi connectivity index (χ0n) is 47.0. The molecule has 6 rings (SSSR count). The average Bonchev–Trinajstić information content (AvgIpc) is 3.85. The fraction of sp³-hybridized carbons (Fsp3) is 0.651. The molecule has 0 aliphatic heterocycles. The molecule has 0 saturated heterocycles. The standard InChI is InChI=1S/3C14H22N4O3.CH4/c3*1-9(19)7-5-6-8-18-13(20)11-12(17(4)14(18)21)15-10(2)16(11)3;/h3*9,19H,5-8H2,1-4H3;1H4/t2*9-;;/m10../s1/i3*7D2,9D;. The lowest BCUT2D eigenvalue weighted by Crippen LogP contribution is -2.39. The number of rotatable bonds is 15. The SMILES string of the molecule is C.[2H]C(C)(O)C([2H])([2H])CCCn1c(=O)c2c(nc(C)n2C)n(C)c1=O.[2H]C([2H])(CCCn1c(=O)c2c(nc(C)n2C)n(C)c1=O)[C@@]([2H])(C)O.[2H]C([2H])(CCCn1c(=O)c2c(nc(C)n2C)n(C)c1=O)[C@]([2H])(C)O. The molecule has 0 fully saturated rings. The van der Waals surface area contributed by atoms with Gasteiger partial charge in [0.1, 0.15) is 17.5 Å². The summed E-state index contributed by atoms with van der Waals surface area (Å²) in [7, 11) is 9.66. The Labute approximate surface area is 383 Å². The van der Waals surface area contributed by atoms with Crippen molar-refractivity contribution in [3.8, 4) is 0 Å². The molecule has 3 N–H and O–H groups in total. The van der Waals surface area contributed by atoms with E-state index >= 15 is 0 Å². The zero-order valence-corrected chi connectivity index (χ0v) is 38.0. The van der Waals surface area contributed by atoms with Crippen molar-refractivity contribution in [2.24, 2.45) is 42.3 Å². The molecule has 6 heterocycles. The van der Waals surface area contributed by atoms with Crippen molar-refractivity contribution in [3.63, 3.8) is 0 Å². The first-order chi connectivity index (χ1) is 32.6. The van der Waals surface area contributed by atoms with E-state index in [1.807, 2.05) is 0 Å². The van der Waals surface area contributed by atoms with Crippen molar-refractivity contribution in [1.82, 2.24) is 56.1 Å². The second kappa shape index (κ2) is 22.3. The predicted molar refractivity (Wildman–Crippen MR) is 248 cm³/mol. The summed E-state index contributed by atoms with van der Waals surface area (Å²) in [6.07, 6.45) is -13.2. The lowest BCUT2D eigenvalue weighted by atomic mass is 10.2. The third-order valence-corrected chi connectivity index (χ3v) is 10.6. The highest BCUT2D eigenvalue weighted by atomic mass is 16.3. The monoisotopic (exact) mass is 908 g/mol. The Morgan fingerprint density at radius 1 is 0.453 bits per heavy atom. The van der Waals surface area contributed by atoms with Crippen LogP contribution in [-0.4, -0.2) is 89.6 Å². The topological polar surface area (TPSA) is 246 Å². The van der Waals surface area contributed by atoms with Gasteiger partial charge in [0.25, 0.3) is 16.7 Å². The number of aromatic nitrogens is 12. The van der Waals surface area contributed by atoms with Crippen LogP contribution in [0.3, 0.4) is 0 Å². The van der Waals surface area contributed by atoms with Gasteiger partial charge in [-0.25, -0.2) is 29.3 Å². The van der Waals surface area contributed by atoms with E-state index in [0.717, 1.165) is 34.5 Å². The van der Waals surface area contributed by atoms with E-state index in [1.54, 1.807) is 55.6 Å². The summed E-state index contributed by atoms with van der Waals surface area (Å²) in [5, 5.41) is 28.6. The van der Waals surface area contributed by atoms with Gasteiger partial charge >= 0.3 is 17.1 Å². The van der Waals surface area contributed by atoms with Crippen molar-refractivity contribution >= 4 is 33.5 Å². The van der Waals surface area contributed by atoms with E-state index in [1.165, 1.54) is 34.8 Å². The van der Waals surface area contributed by atoms with Gasteiger partial charge in [-0.2, -0.15) is 0 Å². The van der Waals surface area contributed by atoms with E-state index in [2.05, 4.69) is 15.0 Å². The average molecular weight is 908 g/mol. The van der Waals surface area contributed by atoms with Crippen LogP contribution in [0.1, 0.15) is 116 Å². The van der Waals surface area contributed by atoms with Crippen molar-refractivity contribution < 1.29 is 27.7 Å². The number of nitrogens with zero attached hydrogens (tertiary/aromatic N) is 12. The highest BCUT2D eigenvalue weighted by molar-refractivity contribution is 5.72. The van der Waals surface area contributed by atoms with Crippen LogP contribution in [0.25, 0.3) is 33.5 Å². The van der Waals surface area contributed by atoms with Crippen LogP contribution in [0.15, 0.2) is 28.8 Å². The molecule has 0 aliphatic carbocycles. The molecule has 0 amide bonds. The summed E-state index contributed by atoms with van der Waals surface area (Å²) < 4.78 is 80.3. The molecular weight excluding hydrogens is 829 g/mol.